The van der Waals surface area contributed by atoms with E-state index in [4.69, 9.17) is 21.1 Å². The molecule has 0 bridgehead atoms. The van der Waals surface area contributed by atoms with Crippen molar-refractivity contribution < 1.29 is 23.9 Å². The van der Waals surface area contributed by atoms with E-state index in [9.17, 15) is 14.4 Å². The second-order valence-corrected chi connectivity index (χ2v) is 9.27. The Balaban J connectivity index is 1.47. The minimum atomic E-state index is -0.432. The molecule has 36 heavy (non-hydrogen) atoms. The van der Waals surface area contributed by atoms with Crippen LogP contribution in [-0.4, -0.2) is 30.3 Å². The number of anilines is 2. The minimum absolute atomic E-state index is 0.203. The van der Waals surface area contributed by atoms with E-state index in [1.807, 2.05) is 38.1 Å². The highest BCUT2D eigenvalue weighted by atomic mass is 35.5. The number of benzene rings is 3. The lowest BCUT2D eigenvalue weighted by Crippen LogP contribution is -2.27. The smallest absolute Gasteiger partial charge is 0.298 e. The highest BCUT2D eigenvalue weighted by Gasteiger charge is 2.36. The molecule has 1 aliphatic rings. The molecule has 4 rings (SSSR count). The number of carbonyl (C=O) groups excluding carboxylic acids is 3. The molecular formula is C27H23ClN2O5S. The molecule has 1 heterocycles. The molecule has 7 nitrogen and oxygen atoms in total. The molecule has 3 amide bonds. The van der Waals surface area contributed by atoms with E-state index in [2.05, 4.69) is 5.32 Å². The van der Waals surface area contributed by atoms with Crippen LogP contribution in [0.5, 0.6) is 11.5 Å². The number of imide groups is 1. The maximum Gasteiger partial charge on any atom is 0.298 e. The molecule has 0 aliphatic carbocycles. The van der Waals surface area contributed by atoms with Gasteiger partial charge < -0.3 is 14.8 Å². The maximum atomic E-state index is 12.9. The minimum Gasteiger partial charge on any atom is -0.490 e. The highest BCUT2D eigenvalue weighted by molar-refractivity contribution is 8.19. The van der Waals surface area contributed by atoms with Crippen LogP contribution in [0, 0.1) is 6.92 Å². The summed E-state index contributed by atoms with van der Waals surface area (Å²) in [5, 5.41) is 2.81. The first kappa shape index (κ1) is 25.3. The SMILES string of the molecule is CCOc1cc(/C=C2/SC(=O)N(c3cccc(Cl)c3)C2=O)ccc1OCC(=O)Nc1ccc(C)cc1. The number of hydrogen-bond donors (Lipinski definition) is 1. The summed E-state index contributed by atoms with van der Waals surface area (Å²) in [7, 11) is 0. The predicted molar refractivity (Wildman–Crippen MR) is 143 cm³/mol. The van der Waals surface area contributed by atoms with Crippen molar-refractivity contribution in [2.75, 3.05) is 23.4 Å². The molecule has 0 radical (unpaired) electrons. The lowest BCUT2D eigenvalue weighted by molar-refractivity contribution is -0.118. The van der Waals surface area contributed by atoms with E-state index in [-0.39, 0.29) is 17.4 Å². The summed E-state index contributed by atoms with van der Waals surface area (Å²) in [6.07, 6.45) is 1.62. The van der Waals surface area contributed by atoms with Crippen LogP contribution < -0.4 is 19.7 Å². The maximum absolute atomic E-state index is 12.9. The van der Waals surface area contributed by atoms with E-state index in [0.717, 1.165) is 22.2 Å². The zero-order chi connectivity index (χ0) is 25.7. The number of halogens is 1. The molecule has 3 aromatic carbocycles. The Labute approximate surface area is 218 Å². The number of nitrogens with one attached hydrogen (secondary N) is 1. The zero-order valence-corrected chi connectivity index (χ0v) is 21.2. The Morgan fingerprint density at radius 3 is 2.53 bits per heavy atom. The molecule has 0 spiro atoms. The second kappa shape index (κ2) is 11.3. The molecule has 9 heteroatoms. The fourth-order valence-electron chi connectivity index (χ4n) is 3.44. The second-order valence-electron chi connectivity index (χ2n) is 7.84. The van der Waals surface area contributed by atoms with Crippen molar-refractivity contribution in [2.24, 2.45) is 0 Å². The molecule has 0 aromatic heterocycles. The Hall–Kier alpha value is -3.75. The monoisotopic (exact) mass is 522 g/mol. The standard InChI is InChI=1S/C27H23ClN2O5S/c1-3-34-23-13-18(9-12-22(23)35-16-25(31)29-20-10-7-17(2)8-11-20)14-24-26(32)30(27(33)36-24)21-6-4-5-19(28)15-21/h4-15H,3,16H2,1-2H3,(H,29,31)/b24-14+. The number of aryl methyl sites for hydroxylation is 1. The van der Waals surface area contributed by atoms with Gasteiger partial charge >= 0.3 is 0 Å². The lowest BCUT2D eigenvalue weighted by atomic mass is 10.1. The van der Waals surface area contributed by atoms with Crippen molar-refractivity contribution in [3.63, 3.8) is 0 Å². The van der Waals surface area contributed by atoms with Crippen LogP contribution in [0.3, 0.4) is 0 Å². The summed E-state index contributed by atoms with van der Waals surface area (Å²) in [4.78, 5) is 39.1. The molecule has 1 saturated heterocycles. The van der Waals surface area contributed by atoms with Gasteiger partial charge in [-0.2, -0.15) is 0 Å². The molecule has 0 atom stereocenters. The number of ether oxygens (including phenoxy) is 2. The predicted octanol–water partition coefficient (Wildman–Crippen LogP) is 6.31. The van der Waals surface area contributed by atoms with Gasteiger partial charge in [-0.25, -0.2) is 4.90 Å². The van der Waals surface area contributed by atoms with Gasteiger partial charge in [-0.1, -0.05) is 41.4 Å². The number of rotatable bonds is 8. The van der Waals surface area contributed by atoms with E-state index in [1.165, 1.54) is 0 Å². The van der Waals surface area contributed by atoms with Gasteiger partial charge in [0.05, 0.1) is 17.2 Å². The number of nitrogens with zero attached hydrogens (tertiary/aromatic N) is 1. The topological polar surface area (TPSA) is 84.9 Å². The molecule has 3 aromatic rings. The Morgan fingerprint density at radius 1 is 1.03 bits per heavy atom. The first-order valence-electron chi connectivity index (χ1n) is 11.1. The van der Waals surface area contributed by atoms with Crippen LogP contribution in [-0.2, 0) is 9.59 Å². The van der Waals surface area contributed by atoms with Gasteiger partial charge in [0.1, 0.15) is 0 Å². The fraction of sp³-hybridized carbons (Fsp3) is 0.148. The van der Waals surface area contributed by atoms with Crippen LogP contribution in [0.4, 0.5) is 16.2 Å². The number of hydrogen-bond acceptors (Lipinski definition) is 6. The van der Waals surface area contributed by atoms with Gasteiger partial charge in [0.15, 0.2) is 18.1 Å². The van der Waals surface area contributed by atoms with Crippen molar-refractivity contribution in [2.45, 2.75) is 13.8 Å². The summed E-state index contributed by atoms with van der Waals surface area (Å²) in [5.41, 5.74) is 2.84. The lowest BCUT2D eigenvalue weighted by Gasteiger charge is -2.13. The summed E-state index contributed by atoms with van der Waals surface area (Å²) in [6.45, 7) is 3.97. The van der Waals surface area contributed by atoms with E-state index < -0.39 is 11.1 Å². The molecule has 0 unspecified atom stereocenters. The van der Waals surface area contributed by atoms with Crippen molar-refractivity contribution in [1.29, 1.82) is 0 Å². The van der Waals surface area contributed by atoms with Gasteiger partial charge in [-0.15, -0.1) is 0 Å². The summed E-state index contributed by atoms with van der Waals surface area (Å²) < 4.78 is 11.4. The molecular weight excluding hydrogens is 500 g/mol. The Bertz CT molecular complexity index is 1340. The van der Waals surface area contributed by atoms with Crippen molar-refractivity contribution in [3.05, 3.63) is 87.8 Å². The van der Waals surface area contributed by atoms with Crippen molar-refractivity contribution in [3.8, 4) is 11.5 Å². The first-order valence-corrected chi connectivity index (χ1v) is 12.3. The summed E-state index contributed by atoms with van der Waals surface area (Å²) in [5.74, 6) is 0.0712. The van der Waals surface area contributed by atoms with Crippen LogP contribution in [0.1, 0.15) is 18.1 Å². The van der Waals surface area contributed by atoms with E-state index in [1.54, 1.807) is 48.5 Å². The molecule has 184 valence electrons. The fourth-order valence-corrected chi connectivity index (χ4v) is 4.46. The summed E-state index contributed by atoms with van der Waals surface area (Å²) >= 11 is 6.86. The summed E-state index contributed by atoms with van der Waals surface area (Å²) in [6, 6.07) is 19.1. The van der Waals surface area contributed by atoms with Gasteiger partial charge in [-0.3, -0.25) is 14.4 Å². The van der Waals surface area contributed by atoms with E-state index >= 15 is 0 Å². The van der Waals surface area contributed by atoms with Crippen molar-refractivity contribution in [1.82, 2.24) is 0 Å². The highest BCUT2D eigenvalue weighted by Crippen LogP contribution is 2.37. The molecule has 0 saturated carbocycles. The Morgan fingerprint density at radius 2 is 1.81 bits per heavy atom. The van der Waals surface area contributed by atoms with E-state index in [0.29, 0.717) is 40.1 Å². The zero-order valence-electron chi connectivity index (χ0n) is 19.6. The van der Waals surface area contributed by atoms with Crippen LogP contribution in [0.15, 0.2) is 71.6 Å². The average Bonchev–Trinajstić information content (AvgIpc) is 3.12. The Kier molecular flexibility index (Phi) is 7.97. The molecule has 1 N–H and O–H groups in total. The van der Waals surface area contributed by atoms with Crippen LogP contribution in [0.25, 0.3) is 6.08 Å². The van der Waals surface area contributed by atoms with Gasteiger partial charge in [0.2, 0.25) is 0 Å². The number of thioether (sulfide) groups is 1. The van der Waals surface area contributed by atoms with Crippen LogP contribution in [0.2, 0.25) is 5.02 Å². The van der Waals surface area contributed by atoms with Gasteiger partial charge in [0.25, 0.3) is 17.1 Å². The number of amides is 3. The van der Waals surface area contributed by atoms with Crippen LogP contribution >= 0.6 is 23.4 Å². The van der Waals surface area contributed by atoms with Gasteiger partial charge in [-0.05, 0) is 79.7 Å². The third-order valence-electron chi connectivity index (χ3n) is 5.12. The third-order valence-corrected chi connectivity index (χ3v) is 6.22. The normalized spacial score (nSPS) is 14.3. The molecule has 1 aliphatic heterocycles. The van der Waals surface area contributed by atoms with Crippen molar-refractivity contribution >= 4 is 57.9 Å². The average molecular weight is 523 g/mol. The third kappa shape index (κ3) is 6.08. The first-order chi connectivity index (χ1) is 17.3. The largest absolute Gasteiger partial charge is 0.490 e. The van der Waals surface area contributed by atoms with Gasteiger partial charge in [0, 0.05) is 10.7 Å². The quantitative estimate of drug-likeness (QED) is 0.349. The molecule has 1 fully saturated rings. The number of carbonyl (C=O) groups is 3.